The summed E-state index contributed by atoms with van der Waals surface area (Å²) in [6.45, 7) is 0. The standard InChI is InChI=1S/C12H12N6S/c13-6-2-4-8-3-1-5-9(16-8)10-7-19-12(17-10)18-11(14)15/h1,3,5,7H,2,4H2,(H4,14,15,17,18). The molecule has 19 heavy (non-hydrogen) atoms. The molecule has 0 fully saturated rings. The van der Waals surface area contributed by atoms with Crippen molar-refractivity contribution in [3.8, 4) is 17.5 Å². The Balaban J connectivity index is 2.24. The van der Waals surface area contributed by atoms with Crippen molar-refractivity contribution < 1.29 is 0 Å². The van der Waals surface area contributed by atoms with Crippen LogP contribution in [0, 0.1) is 11.3 Å². The maximum absolute atomic E-state index is 8.57. The van der Waals surface area contributed by atoms with E-state index in [1.54, 1.807) is 0 Å². The number of nitriles is 1. The van der Waals surface area contributed by atoms with Gasteiger partial charge in [-0.25, -0.2) is 4.98 Å². The molecule has 0 amide bonds. The maximum Gasteiger partial charge on any atom is 0.212 e. The number of nitrogens with two attached hydrogens (primary N) is 2. The van der Waals surface area contributed by atoms with Gasteiger partial charge in [0.2, 0.25) is 5.13 Å². The zero-order chi connectivity index (χ0) is 13.7. The molecule has 2 aromatic rings. The molecule has 0 spiro atoms. The second-order valence-corrected chi connectivity index (χ2v) is 4.56. The SMILES string of the molecule is N#CCCc1cccc(-c2csc(N=C(N)N)n2)n1. The van der Waals surface area contributed by atoms with Gasteiger partial charge in [0.15, 0.2) is 5.96 Å². The van der Waals surface area contributed by atoms with Crippen LogP contribution >= 0.6 is 11.3 Å². The molecule has 0 aliphatic heterocycles. The molecule has 0 radical (unpaired) electrons. The number of aryl methyl sites for hydroxylation is 1. The molecule has 0 aromatic carbocycles. The van der Waals surface area contributed by atoms with Gasteiger partial charge in [-0.3, -0.25) is 4.98 Å². The van der Waals surface area contributed by atoms with Gasteiger partial charge in [0.05, 0.1) is 11.8 Å². The number of nitrogens with zero attached hydrogens (tertiary/aromatic N) is 4. The van der Waals surface area contributed by atoms with Gasteiger partial charge in [-0.05, 0) is 12.1 Å². The summed E-state index contributed by atoms with van der Waals surface area (Å²) >= 11 is 1.35. The highest BCUT2D eigenvalue weighted by Crippen LogP contribution is 2.25. The van der Waals surface area contributed by atoms with Gasteiger partial charge in [0, 0.05) is 23.9 Å². The number of hydrogen-bond donors (Lipinski definition) is 2. The fourth-order valence-electron chi connectivity index (χ4n) is 1.49. The van der Waals surface area contributed by atoms with E-state index in [1.807, 2.05) is 23.6 Å². The maximum atomic E-state index is 8.57. The number of pyridine rings is 1. The summed E-state index contributed by atoms with van der Waals surface area (Å²) in [6, 6.07) is 7.76. The summed E-state index contributed by atoms with van der Waals surface area (Å²) in [5, 5.41) is 10.9. The minimum atomic E-state index is -0.0170. The lowest BCUT2D eigenvalue weighted by atomic mass is 10.2. The summed E-state index contributed by atoms with van der Waals surface area (Å²) in [5.41, 5.74) is 12.9. The Morgan fingerprint density at radius 1 is 1.32 bits per heavy atom. The van der Waals surface area contributed by atoms with E-state index >= 15 is 0 Å². The van der Waals surface area contributed by atoms with Crippen molar-refractivity contribution in [1.82, 2.24) is 9.97 Å². The van der Waals surface area contributed by atoms with Gasteiger partial charge in [0.25, 0.3) is 0 Å². The van der Waals surface area contributed by atoms with E-state index < -0.39 is 0 Å². The molecule has 0 unspecified atom stereocenters. The molecular formula is C12H12N6S. The average Bonchev–Trinajstić information content (AvgIpc) is 2.84. The van der Waals surface area contributed by atoms with Crippen molar-refractivity contribution >= 4 is 22.4 Å². The third-order valence-electron chi connectivity index (χ3n) is 2.28. The second-order valence-electron chi connectivity index (χ2n) is 3.72. The third kappa shape index (κ3) is 3.50. The zero-order valence-corrected chi connectivity index (χ0v) is 10.9. The van der Waals surface area contributed by atoms with E-state index in [4.69, 9.17) is 16.7 Å². The van der Waals surface area contributed by atoms with Crippen LogP contribution in [-0.4, -0.2) is 15.9 Å². The number of aromatic nitrogens is 2. The molecule has 0 aliphatic rings. The molecular weight excluding hydrogens is 260 g/mol. The smallest absolute Gasteiger partial charge is 0.212 e. The van der Waals surface area contributed by atoms with Gasteiger partial charge in [-0.1, -0.05) is 6.07 Å². The van der Waals surface area contributed by atoms with E-state index in [-0.39, 0.29) is 5.96 Å². The van der Waals surface area contributed by atoms with E-state index in [0.717, 1.165) is 17.1 Å². The summed E-state index contributed by atoms with van der Waals surface area (Å²) in [5.74, 6) is -0.0170. The first kappa shape index (κ1) is 13.0. The lowest BCUT2D eigenvalue weighted by molar-refractivity contribution is 0.953. The second kappa shape index (κ2) is 5.93. The van der Waals surface area contributed by atoms with E-state index in [1.165, 1.54) is 11.3 Å². The number of thiazole rings is 1. The number of guanidine groups is 1. The van der Waals surface area contributed by atoms with Crippen LogP contribution < -0.4 is 11.5 Å². The predicted octanol–water partition coefficient (Wildman–Crippen LogP) is 1.57. The van der Waals surface area contributed by atoms with E-state index in [0.29, 0.717) is 18.0 Å². The molecule has 2 rings (SSSR count). The van der Waals surface area contributed by atoms with Crippen LogP contribution in [0.15, 0.2) is 28.6 Å². The minimum absolute atomic E-state index is 0.0170. The van der Waals surface area contributed by atoms with Crippen LogP contribution in [0.1, 0.15) is 12.1 Å². The Morgan fingerprint density at radius 2 is 2.16 bits per heavy atom. The van der Waals surface area contributed by atoms with Gasteiger partial charge < -0.3 is 11.5 Å². The van der Waals surface area contributed by atoms with Crippen molar-refractivity contribution in [3.05, 3.63) is 29.3 Å². The van der Waals surface area contributed by atoms with Crippen LogP contribution in [0.2, 0.25) is 0 Å². The Bertz CT molecular complexity index is 636. The Hall–Kier alpha value is -2.46. The highest BCUT2D eigenvalue weighted by Gasteiger charge is 2.06. The summed E-state index contributed by atoms with van der Waals surface area (Å²) in [7, 11) is 0. The largest absolute Gasteiger partial charge is 0.370 e. The molecule has 4 N–H and O–H groups in total. The van der Waals surface area contributed by atoms with Gasteiger partial charge in [-0.15, -0.1) is 11.3 Å². The van der Waals surface area contributed by atoms with Gasteiger partial charge >= 0.3 is 0 Å². The lowest BCUT2D eigenvalue weighted by Gasteiger charge is -1.99. The molecule has 7 heteroatoms. The van der Waals surface area contributed by atoms with E-state index in [9.17, 15) is 0 Å². The summed E-state index contributed by atoms with van der Waals surface area (Å²) in [4.78, 5) is 12.6. The van der Waals surface area contributed by atoms with Crippen LogP contribution in [-0.2, 0) is 6.42 Å². The fourth-order valence-corrected chi connectivity index (χ4v) is 2.19. The zero-order valence-electron chi connectivity index (χ0n) is 10.1. The fraction of sp³-hybridized carbons (Fsp3) is 0.167. The Kier molecular flexibility index (Phi) is 4.05. The van der Waals surface area contributed by atoms with Gasteiger partial charge in [-0.2, -0.15) is 10.3 Å². The normalized spacial score (nSPS) is 9.84. The van der Waals surface area contributed by atoms with Crippen LogP contribution in [0.5, 0.6) is 0 Å². The van der Waals surface area contributed by atoms with Crippen LogP contribution in [0.25, 0.3) is 11.4 Å². The van der Waals surface area contributed by atoms with Crippen molar-refractivity contribution in [2.75, 3.05) is 0 Å². The molecule has 0 aliphatic carbocycles. The molecule has 0 saturated carbocycles. The third-order valence-corrected chi connectivity index (χ3v) is 3.01. The minimum Gasteiger partial charge on any atom is -0.370 e. The topological polar surface area (TPSA) is 114 Å². The molecule has 0 atom stereocenters. The quantitative estimate of drug-likeness (QED) is 0.647. The molecule has 96 valence electrons. The van der Waals surface area contributed by atoms with Gasteiger partial charge in [0.1, 0.15) is 5.69 Å². The highest BCUT2D eigenvalue weighted by atomic mass is 32.1. The average molecular weight is 272 g/mol. The molecule has 0 bridgehead atoms. The van der Waals surface area contributed by atoms with E-state index in [2.05, 4.69) is 21.0 Å². The number of hydrogen-bond acceptors (Lipinski definition) is 5. The Morgan fingerprint density at radius 3 is 2.89 bits per heavy atom. The summed E-state index contributed by atoms with van der Waals surface area (Å²) in [6.07, 6.45) is 1.09. The Labute approximate surface area is 114 Å². The van der Waals surface area contributed by atoms with Crippen LogP contribution in [0.4, 0.5) is 5.13 Å². The predicted molar refractivity (Wildman–Crippen MR) is 74.7 cm³/mol. The molecule has 2 heterocycles. The molecule has 0 saturated heterocycles. The molecule has 2 aromatic heterocycles. The number of rotatable bonds is 4. The molecule has 6 nitrogen and oxygen atoms in total. The monoisotopic (exact) mass is 272 g/mol. The number of aliphatic imine (C=N–C) groups is 1. The van der Waals surface area contributed by atoms with Crippen molar-refractivity contribution in [2.45, 2.75) is 12.8 Å². The first-order valence-corrected chi connectivity index (χ1v) is 6.45. The van der Waals surface area contributed by atoms with Crippen molar-refractivity contribution in [2.24, 2.45) is 16.5 Å². The lowest BCUT2D eigenvalue weighted by Crippen LogP contribution is -2.21. The van der Waals surface area contributed by atoms with Crippen molar-refractivity contribution in [3.63, 3.8) is 0 Å². The first-order valence-electron chi connectivity index (χ1n) is 5.57. The summed E-state index contributed by atoms with van der Waals surface area (Å²) < 4.78 is 0. The highest BCUT2D eigenvalue weighted by molar-refractivity contribution is 7.13. The van der Waals surface area contributed by atoms with Crippen LogP contribution in [0.3, 0.4) is 0 Å². The van der Waals surface area contributed by atoms with Crippen molar-refractivity contribution in [1.29, 1.82) is 5.26 Å². The first-order chi connectivity index (χ1) is 9.19.